The SMILES string of the molecule is CC1=NN(c2ccc3c(c2)C(C)(C)CC3)C(=O)C1=NNc1cc(O)ccc1-c1ccoc1C(=O)O. The van der Waals surface area contributed by atoms with E-state index in [-0.39, 0.29) is 28.5 Å². The van der Waals surface area contributed by atoms with Crippen molar-refractivity contribution in [1.29, 1.82) is 0 Å². The van der Waals surface area contributed by atoms with Gasteiger partial charge in [0.15, 0.2) is 5.71 Å². The Balaban J connectivity index is 1.45. The van der Waals surface area contributed by atoms with Gasteiger partial charge in [-0.15, -0.1) is 0 Å². The van der Waals surface area contributed by atoms with Crippen LogP contribution in [-0.2, 0) is 16.6 Å². The minimum absolute atomic E-state index is 0.0406. The largest absolute Gasteiger partial charge is 0.508 e. The first kappa shape index (κ1) is 22.4. The fourth-order valence-electron chi connectivity index (χ4n) is 4.59. The van der Waals surface area contributed by atoms with E-state index in [9.17, 15) is 19.8 Å². The van der Waals surface area contributed by atoms with Gasteiger partial charge in [0.1, 0.15) is 5.75 Å². The number of carbonyl (C=O) groups excluding carboxylic acids is 1. The van der Waals surface area contributed by atoms with Crippen LogP contribution in [-0.4, -0.2) is 33.5 Å². The Hall–Kier alpha value is -4.40. The predicted molar refractivity (Wildman–Crippen MR) is 132 cm³/mol. The van der Waals surface area contributed by atoms with Crippen molar-refractivity contribution in [3.05, 3.63) is 65.6 Å². The van der Waals surface area contributed by atoms with Gasteiger partial charge in [-0.1, -0.05) is 19.9 Å². The normalized spacial score (nSPS) is 17.6. The Labute approximate surface area is 201 Å². The number of hydrogen-bond acceptors (Lipinski definition) is 7. The third-order valence-corrected chi connectivity index (χ3v) is 6.52. The molecule has 2 aromatic carbocycles. The van der Waals surface area contributed by atoms with E-state index in [2.05, 4.69) is 35.5 Å². The van der Waals surface area contributed by atoms with Crippen LogP contribution >= 0.6 is 0 Å². The van der Waals surface area contributed by atoms with E-state index < -0.39 is 5.97 Å². The molecule has 9 nitrogen and oxygen atoms in total. The van der Waals surface area contributed by atoms with E-state index in [1.165, 1.54) is 40.6 Å². The molecule has 1 aromatic heterocycles. The molecule has 5 rings (SSSR count). The van der Waals surface area contributed by atoms with E-state index in [0.717, 1.165) is 12.8 Å². The Morgan fingerprint density at radius 2 is 1.97 bits per heavy atom. The summed E-state index contributed by atoms with van der Waals surface area (Å²) in [6.07, 6.45) is 3.35. The van der Waals surface area contributed by atoms with E-state index >= 15 is 0 Å². The highest BCUT2D eigenvalue weighted by atomic mass is 16.4. The van der Waals surface area contributed by atoms with Gasteiger partial charge >= 0.3 is 11.9 Å². The van der Waals surface area contributed by atoms with E-state index in [4.69, 9.17) is 4.42 Å². The molecule has 2 heterocycles. The molecule has 0 radical (unpaired) electrons. The van der Waals surface area contributed by atoms with Crippen LogP contribution in [0.5, 0.6) is 5.75 Å². The first-order valence-electron chi connectivity index (χ1n) is 11.2. The van der Waals surface area contributed by atoms with Crippen LogP contribution in [0, 0.1) is 0 Å². The van der Waals surface area contributed by atoms with Gasteiger partial charge in [-0.05, 0) is 66.6 Å². The average Bonchev–Trinajstić information content (AvgIpc) is 3.49. The summed E-state index contributed by atoms with van der Waals surface area (Å²) < 4.78 is 5.08. The Kier molecular flexibility index (Phi) is 5.20. The summed E-state index contributed by atoms with van der Waals surface area (Å²) in [5, 5.41) is 29.4. The molecule has 0 spiro atoms. The number of fused-ring (bicyclic) bond motifs is 1. The zero-order chi connectivity index (χ0) is 24.9. The van der Waals surface area contributed by atoms with Crippen molar-refractivity contribution in [2.24, 2.45) is 10.2 Å². The van der Waals surface area contributed by atoms with Crippen molar-refractivity contribution in [1.82, 2.24) is 0 Å². The molecule has 178 valence electrons. The van der Waals surface area contributed by atoms with Crippen LogP contribution in [0.25, 0.3) is 11.1 Å². The maximum absolute atomic E-state index is 13.2. The lowest BCUT2D eigenvalue weighted by atomic mass is 9.86. The van der Waals surface area contributed by atoms with E-state index in [1.807, 2.05) is 12.1 Å². The number of hydrogen-bond donors (Lipinski definition) is 3. The van der Waals surface area contributed by atoms with Crippen molar-refractivity contribution in [2.45, 2.75) is 39.0 Å². The maximum Gasteiger partial charge on any atom is 0.372 e. The van der Waals surface area contributed by atoms with Crippen molar-refractivity contribution >= 4 is 34.7 Å². The number of hydrazone groups is 2. The second-order valence-corrected chi connectivity index (χ2v) is 9.30. The Morgan fingerprint density at radius 3 is 2.74 bits per heavy atom. The summed E-state index contributed by atoms with van der Waals surface area (Å²) >= 11 is 0. The lowest BCUT2D eigenvalue weighted by Gasteiger charge is -2.21. The zero-order valence-electron chi connectivity index (χ0n) is 19.5. The smallest absolute Gasteiger partial charge is 0.372 e. The number of phenolic OH excluding ortho intramolecular Hbond substituents is 1. The number of phenols is 1. The van der Waals surface area contributed by atoms with Gasteiger partial charge in [0, 0.05) is 17.2 Å². The Morgan fingerprint density at radius 1 is 1.17 bits per heavy atom. The molecule has 0 fully saturated rings. The van der Waals surface area contributed by atoms with Crippen LogP contribution < -0.4 is 10.4 Å². The van der Waals surface area contributed by atoms with E-state index in [0.29, 0.717) is 28.2 Å². The predicted octanol–water partition coefficient (Wildman–Crippen LogP) is 4.76. The lowest BCUT2D eigenvalue weighted by molar-refractivity contribution is -0.112. The highest BCUT2D eigenvalue weighted by Gasteiger charge is 2.34. The minimum atomic E-state index is -1.22. The van der Waals surface area contributed by atoms with Crippen molar-refractivity contribution in [3.8, 4) is 16.9 Å². The number of furan rings is 1. The standard InChI is InChI=1S/C26H24N4O5/c1-14-22(24(32)30(29-14)16-5-4-15-8-10-26(2,3)20(15)12-16)28-27-21-13-17(31)6-7-18(21)19-9-11-35-23(19)25(33)34/h4-7,9,11-13,27,31H,8,10H2,1-3H3,(H,33,34). The van der Waals surface area contributed by atoms with E-state index in [1.54, 1.807) is 13.0 Å². The number of nitrogens with zero attached hydrogens (tertiary/aromatic N) is 3. The number of nitrogens with one attached hydrogen (secondary N) is 1. The van der Waals surface area contributed by atoms with Crippen LogP contribution in [0.1, 0.15) is 48.9 Å². The molecule has 3 N–H and O–H groups in total. The lowest BCUT2D eigenvalue weighted by Crippen LogP contribution is -2.28. The molecule has 1 amide bonds. The number of aromatic hydroxyl groups is 1. The summed E-state index contributed by atoms with van der Waals surface area (Å²) in [7, 11) is 0. The van der Waals surface area contributed by atoms with Gasteiger partial charge < -0.3 is 14.6 Å². The van der Waals surface area contributed by atoms with Gasteiger partial charge in [-0.25, -0.2) is 4.79 Å². The molecule has 0 saturated heterocycles. The molecule has 0 atom stereocenters. The highest BCUT2D eigenvalue weighted by molar-refractivity contribution is 6.71. The van der Waals surface area contributed by atoms with Crippen molar-refractivity contribution in [3.63, 3.8) is 0 Å². The zero-order valence-corrected chi connectivity index (χ0v) is 19.5. The van der Waals surface area contributed by atoms with Gasteiger partial charge in [0.05, 0.1) is 23.3 Å². The molecular formula is C26H24N4O5. The summed E-state index contributed by atoms with van der Waals surface area (Å²) in [5.41, 5.74) is 7.63. The van der Waals surface area contributed by atoms with Crippen LogP contribution in [0.2, 0.25) is 0 Å². The maximum atomic E-state index is 13.2. The van der Waals surface area contributed by atoms with Crippen LogP contribution in [0.15, 0.2) is 63.3 Å². The number of benzene rings is 2. The molecule has 0 unspecified atom stereocenters. The molecule has 2 aliphatic rings. The molecule has 1 aliphatic carbocycles. The third-order valence-electron chi connectivity index (χ3n) is 6.52. The second-order valence-electron chi connectivity index (χ2n) is 9.30. The molecule has 9 heteroatoms. The summed E-state index contributed by atoms with van der Waals surface area (Å²) in [5.74, 6) is -1.91. The van der Waals surface area contributed by atoms with Crippen molar-refractivity contribution in [2.75, 3.05) is 10.4 Å². The summed E-state index contributed by atoms with van der Waals surface area (Å²) in [6, 6.07) is 11.8. The molecular weight excluding hydrogens is 448 g/mol. The number of carbonyl (C=O) groups is 2. The second kappa shape index (κ2) is 8.12. The molecule has 3 aromatic rings. The topological polar surface area (TPSA) is 128 Å². The van der Waals surface area contributed by atoms with Crippen LogP contribution in [0.4, 0.5) is 11.4 Å². The fourth-order valence-corrected chi connectivity index (χ4v) is 4.59. The first-order valence-corrected chi connectivity index (χ1v) is 11.2. The number of carboxylic acids is 1. The molecule has 1 aliphatic heterocycles. The summed E-state index contributed by atoms with van der Waals surface area (Å²) in [6.45, 7) is 6.09. The average molecular weight is 473 g/mol. The number of anilines is 2. The quantitative estimate of drug-likeness (QED) is 0.459. The molecule has 35 heavy (non-hydrogen) atoms. The van der Waals surface area contributed by atoms with Gasteiger partial charge in [0.2, 0.25) is 5.76 Å². The van der Waals surface area contributed by atoms with Gasteiger partial charge in [-0.2, -0.15) is 15.2 Å². The minimum Gasteiger partial charge on any atom is -0.508 e. The first-order chi connectivity index (χ1) is 16.7. The Bertz CT molecular complexity index is 1430. The van der Waals surface area contributed by atoms with Gasteiger partial charge in [-0.3, -0.25) is 10.2 Å². The third kappa shape index (κ3) is 3.84. The molecule has 0 saturated carbocycles. The number of aromatic carboxylic acids is 1. The highest BCUT2D eigenvalue weighted by Crippen LogP contribution is 2.40. The number of amides is 1. The number of rotatable bonds is 5. The summed E-state index contributed by atoms with van der Waals surface area (Å²) in [4.78, 5) is 24.7. The monoisotopic (exact) mass is 472 g/mol. The molecule has 0 bridgehead atoms. The van der Waals surface area contributed by atoms with Crippen LogP contribution in [0.3, 0.4) is 0 Å². The number of carboxylic acid groups (broad SMARTS) is 1. The fraction of sp³-hybridized carbons (Fsp3) is 0.231. The van der Waals surface area contributed by atoms with Crippen molar-refractivity contribution < 1.29 is 24.2 Å². The van der Waals surface area contributed by atoms with Gasteiger partial charge in [0.25, 0.3) is 0 Å². The number of aryl methyl sites for hydroxylation is 1.